The molecule has 2 nitrogen and oxygen atoms in total. The topological polar surface area (TPSA) is 37.3 Å². The molecule has 0 aliphatic rings. The van der Waals surface area contributed by atoms with Crippen molar-refractivity contribution in [1.82, 2.24) is 0 Å². The number of rotatable bonds is 2. The fourth-order valence-corrected chi connectivity index (χ4v) is 1.76. The molecule has 4 heteroatoms. The minimum absolute atomic E-state index is 0.108. The molecule has 0 atom stereocenters. The van der Waals surface area contributed by atoms with Gasteiger partial charge in [-0.1, -0.05) is 23.7 Å². The SMILES string of the molecule is O=C(O)c1cc(Cl)cc(-c2ccc(F)cc2)c1. The van der Waals surface area contributed by atoms with Crippen LogP contribution in [0.5, 0.6) is 0 Å². The average Bonchev–Trinajstić information content (AvgIpc) is 2.29. The summed E-state index contributed by atoms with van der Waals surface area (Å²) >= 11 is 5.84. The van der Waals surface area contributed by atoms with Gasteiger partial charge in [0.05, 0.1) is 5.56 Å². The highest BCUT2D eigenvalue weighted by atomic mass is 35.5. The second kappa shape index (κ2) is 4.55. The van der Waals surface area contributed by atoms with Crippen molar-refractivity contribution in [3.8, 4) is 11.1 Å². The molecular weight excluding hydrogens is 243 g/mol. The van der Waals surface area contributed by atoms with Crippen molar-refractivity contribution in [3.05, 3.63) is 58.9 Å². The van der Waals surface area contributed by atoms with Crippen LogP contribution in [0.3, 0.4) is 0 Å². The smallest absolute Gasteiger partial charge is 0.335 e. The first-order valence-corrected chi connectivity index (χ1v) is 5.24. The fourth-order valence-electron chi connectivity index (χ4n) is 1.52. The number of aromatic carboxylic acids is 1. The first-order chi connectivity index (χ1) is 8.06. The molecule has 2 rings (SSSR count). The van der Waals surface area contributed by atoms with Crippen LogP contribution in [0, 0.1) is 5.82 Å². The molecule has 0 spiro atoms. The largest absolute Gasteiger partial charge is 0.478 e. The van der Waals surface area contributed by atoms with Crippen LogP contribution < -0.4 is 0 Å². The van der Waals surface area contributed by atoms with Gasteiger partial charge >= 0.3 is 5.97 Å². The third-order valence-corrected chi connectivity index (χ3v) is 2.54. The van der Waals surface area contributed by atoms with E-state index in [9.17, 15) is 9.18 Å². The highest BCUT2D eigenvalue weighted by Gasteiger charge is 2.07. The van der Waals surface area contributed by atoms with Crippen LogP contribution in [0.4, 0.5) is 4.39 Å². The third-order valence-electron chi connectivity index (χ3n) is 2.32. The number of halogens is 2. The molecule has 0 fully saturated rings. The maximum absolute atomic E-state index is 12.8. The Labute approximate surface area is 102 Å². The molecule has 0 aliphatic carbocycles. The molecule has 0 aromatic heterocycles. The van der Waals surface area contributed by atoms with Gasteiger partial charge in [0.2, 0.25) is 0 Å². The molecule has 86 valence electrons. The number of carboxylic acid groups (broad SMARTS) is 1. The molecular formula is C13H8ClFO2. The predicted molar refractivity (Wildman–Crippen MR) is 63.8 cm³/mol. The maximum atomic E-state index is 12.8. The zero-order valence-corrected chi connectivity index (χ0v) is 9.41. The molecule has 0 radical (unpaired) electrons. The van der Waals surface area contributed by atoms with E-state index in [0.29, 0.717) is 10.6 Å². The lowest BCUT2D eigenvalue weighted by Crippen LogP contribution is -1.96. The van der Waals surface area contributed by atoms with Gasteiger partial charge in [-0.05, 0) is 41.5 Å². The lowest BCUT2D eigenvalue weighted by molar-refractivity contribution is 0.0697. The second-order valence-electron chi connectivity index (χ2n) is 3.54. The Hall–Kier alpha value is -1.87. The maximum Gasteiger partial charge on any atom is 0.335 e. The van der Waals surface area contributed by atoms with Gasteiger partial charge in [-0.15, -0.1) is 0 Å². The quantitative estimate of drug-likeness (QED) is 0.879. The Bertz CT molecular complexity index is 564. The van der Waals surface area contributed by atoms with Gasteiger partial charge in [0.1, 0.15) is 5.82 Å². The Morgan fingerprint density at radius 1 is 1.06 bits per heavy atom. The van der Waals surface area contributed by atoms with Crippen molar-refractivity contribution >= 4 is 17.6 Å². The van der Waals surface area contributed by atoms with Gasteiger partial charge in [0.25, 0.3) is 0 Å². The molecule has 17 heavy (non-hydrogen) atoms. The van der Waals surface area contributed by atoms with E-state index in [4.69, 9.17) is 16.7 Å². The summed E-state index contributed by atoms with van der Waals surface area (Å²) in [5.74, 6) is -1.38. The van der Waals surface area contributed by atoms with Gasteiger partial charge in [-0.3, -0.25) is 0 Å². The minimum Gasteiger partial charge on any atom is -0.478 e. The standard InChI is InChI=1S/C13H8ClFO2/c14-11-6-9(5-10(7-11)13(16)17)8-1-3-12(15)4-2-8/h1-7H,(H,16,17). The lowest BCUT2D eigenvalue weighted by Gasteiger charge is -2.04. The highest BCUT2D eigenvalue weighted by molar-refractivity contribution is 6.31. The Balaban J connectivity index is 2.51. The number of hydrogen-bond acceptors (Lipinski definition) is 1. The van der Waals surface area contributed by atoms with Crippen molar-refractivity contribution in [2.24, 2.45) is 0 Å². The first kappa shape index (κ1) is 11.6. The molecule has 1 N–H and O–H groups in total. The van der Waals surface area contributed by atoms with Gasteiger partial charge in [-0.2, -0.15) is 0 Å². The van der Waals surface area contributed by atoms with Crippen LogP contribution in [-0.2, 0) is 0 Å². The van der Waals surface area contributed by atoms with E-state index in [0.717, 1.165) is 5.56 Å². The van der Waals surface area contributed by atoms with Gasteiger partial charge in [0, 0.05) is 5.02 Å². The number of carbonyl (C=O) groups is 1. The van der Waals surface area contributed by atoms with Crippen LogP contribution in [0.15, 0.2) is 42.5 Å². The van der Waals surface area contributed by atoms with Crippen molar-refractivity contribution < 1.29 is 14.3 Å². The van der Waals surface area contributed by atoms with Crippen LogP contribution in [0.2, 0.25) is 5.02 Å². The summed E-state index contributed by atoms with van der Waals surface area (Å²) < 4.78 is 12.8. The number of benzene rings is 2. The molecule has 0 saturated carbocycles. The summed E-state index contributed by atoms with van der Waals surface area (Å²) in [5.41, 5.74) is 1.48. The van der Waals surface area contributed by atoms with Crippen molar-refractivity contribution in [2.45, 2.75) is 0 Å². The number of hydrogen-bond donors (Lipinski definition) is 1. The lowest BCUT2D eigenvalue weighted by atomic mass is 10.0. The summed E-state index contributed by atoms with van der Waals surface area (Å²) in [6, 6.07) is 10.3. The minimum atomic E-state index is -1.05. The molecule has 0 unspecified atom stereocenters. The molecule has 0 aliphatic heterocycles. The van der Waals surface area contributed by atoms with E-state index in [1.54, 1.807) is 18.2 Å². The highest BCUT2D eigenvalue weighted by Crippen LogP contribution is 2.25. The Morgan fingerprint density at radius 2 is 1.71 bits per heavy atom. The Kier molecular flexibility index (Phi) is 3.11. The first-order valence-electron chi connectivity index (χ1n) is 4.86. The molecule has 0 saturated heterocycles. The summed E-state index contributed by atoms with van der Waals surface area (Å²) in [7, 11) is 0. The Morgan fingerprint density at radius 3 is 2.29 bits per heavy atom. The molecule has 0 heterocycles. The average molecular weight is 251 g/mol. The molecule has 0 bridgehead atoms. The summed E-state index contributed by atoms with van der Waals surface area (Å²) in [4.78, 5) is 10.9. The van der Waals surface area contributed by atoms with Crippen LogP contribution in [0.25, 0.3) is 11.1 Å². The fraction of sp³-hybridized carbons (Fsp3) is 0. The zero-order chi connectivity index (χ0) is 12.4. The summed E-state index contributed by atoms with van der Waals surface area (Å²) in [6.45, 7) is 0. The zero-order valence-electron chi connectivity index (χ0n) is 8.65. The van der Waals surface area contributed by atoms with Gasteiger partial charge in [0.15, 0.2) is 0 Å². The van der Waals surface area contributed by atoms with E-state index >= 15 is 0 Å². The second-order valence-corrected chi connectivity index (χ2v) is 3.98. The van der Waals surface area contributed by atoms with E-state index < -0.39 is 5.97 Å². The molecule has 0 amide bonds. The summed E-state index contributed by atoms with van der Waals surface area (Å²) in [5, 5.41) is 9.24. The van der Waals surface area contributed by atoms with Gasteiger partial charge in [-0.25, -0.2) is 9.18 Å². The van der Waals surface area contributed by atoms with Crippen LogP contribution in [-0.4, -0.2) is 11.1 Å². The monoisotopic (exact) mass is 250 g/mol. The molecule has 2 aromatic carbocycles. The number of carboxylic acids is 1. The summed E-state index contributed by atoms with van der Waals surface area (Å²) in [6.07, 6.45) is 0. The van der Waals surface area contributed by atoms with Crippen LogP contribution in [0.1, 0.15) is 10.4 Å². The van der Waals surface area contributed by atoms with Crippen molar-refractivity contribution in [1.29, 1.82) is 0 Å². The van der Waals surface area contributed by atoms with Crippen molar-refractivity contribution in [2.75, 3.05) is 0 Å². The van der Waals surface area contributed by atoms with Gasteiger partial charge < -0.3 is 5.11 Å². The normalized spacial score (nSPS) is 10.2. The van der Waals surface area contributed by atoms with Crippen molar-refractivity contribution in [3.63, 3.8) is 0 Å². The van der Waals surface area contributed by atoms with Crippen LogP contribution >= 0.6 is 11.6 Å². The van der Waals surface area contributed by atoms with E-state index in [-0.39, 0.29) is 11.4 Å². The third kappa shape index (κ3) is 2.63. The predicted octanol–water partition coefficient (Wildman–Crippen LogP) is 3.84. The van der Waals surface area contributed by atoms with E-state index in [1.165, 1.54) is 24.3 Å². The van der Waals surface area contributed by atoms with E-state index in [2.05, 4.69) is 0 Å². The van der Waals surface area contributed by atoms with E-state index in [1.807, 2.05) is 0 Å². The molecule has 2 aromatic rings.